The second kappa shape index (κ2) is 11.0. The Morgan fingerprint density at radius 2 is 1.76 bits per heavy atom. The van der Waals surface area contributed by atoms with E-state index in [-0.39, 0.29) is 30.7 Å². The van der Waals surface area contributed by atoms with E-state index in [2.05, 4.69) is 45.4 Å². The molecule has 0 saturated carbocycles. The second-order valence-corrected chi connectivity index (χ2v) is 6.95. The van der Waals surface area contributed by atoms with Crippen molar-refractivity contribution in [3.8, 4) is 0 Å². The minimum absolute atomic E-state index is 0. The monoisotopic (exact) mass is 387 g/mol. The van der Waals surface area contributed by atoms with Crippen molar-refractivity contribution in [2.75, 3.05) is 33.2 Å². The van der Waals surface area contributed by atoms with E-state index in [1.165, 1.54) is 12.0 Å². The van der Waals surface area contributed by atoms with Crippen LogP contribution < -0.4 is 5.32 Å². The Hall–Kier alpha value is -0.810. The van der Waals surface area contributed by atoms with Crippen molar-refractivity contribution in [1.29, 1.82) is 0 Å². The Labute approximate surface area is 164 Å². The van der Waals surface area contributed by atoms with Gasteiger partial charge in [0.2, 0.25) is 5.91 Å². The zero-order chi connectivity index (χ0) is 16.1. The lowest BCUT2D eigenvalue weighted by atomic mass is 9.93. The lowest BCUT2D eigenvalue weighted by Gasteiger charge is -2.37. The predicted octanol–water partition coefficient (Wildman–Crippen LogP) is 2.95. The number of likely N-dealkylation sites (tertiary alicyclic amines) is 2. The average molecular weight is 388 g/mol. The molecule has 0 aliphatic carbocycles. The molecular formula is C19H31Cl2N3O. The first kappa shape index (κ1) is 22.2. The number of likely N-dealkylation sites (N-methyl/N-ethyl adjacent to an activating group) is 1. The van der Waals surface area contributed by atoms with Gasteiger partial charge in [-0.25, -0.2) is 0 Å². The summed E-state index contributed by atoms with van der Waals surface area (Å²) in [4.78, 5) is 17.3. The van der Waals surface area contributed by atoms with Crippen LogP contribution in [0.2, 0.25) is 0 Å². The first-order chi connectivity index (χ1) is 11.3. The van der Waals surface area contributed by atoms with Crippen molar-refractivity contribution >= 4 is 30.7 Å². The highest BCUT2D eigenvalue weighted by Gasteiger charge is 2.30. The molecule has 1 atom stereocenters. The van der Waals surface area contributed by atoms with Crippen LogP contribution in [0, 0.1) is 5.92 Å². The maximum absolute atomic E-state index is 12.8. The second-order valence-electron chi connectivity index (χ2n) is 6.95. The fraction of sp³-hybridized carbons (Fsp3) is 0.632. The third-order valence-corrected chi connectivity index (χ3v) is 5.33. The van der Waals surface area contributed by atoms with Crippen LogP contribution in [0.4, 0.5) is 0 Å². The molecule has 1 amide bonds. The Bertz CT molecular complexity index is 507. The summed E-state index contributed by atoms with van der Waals surface area (Å²) in [6.07, 6.45) is 4.33. The highest BCUT2D eigenvalue weighted by molar-refractivity contribution is 5.85. The van der Waals surface area contributed by atoms with E-state index < -0.39 is 0 Å². The van der Waals surface area contributed by atoms with Crippen molar-refractivity contribution in [2.45, 2.75) is 38.3 Å². The number of benzene rings is 1. The van der Waals surface area contributed by atoms with Crippen LogP contribution in [0.25, 0.3) is 0 Å². The predicted molar refractivity (Wildman–Crippen MR) is 108 cm³/mol. The molecule has 2 aliphatic heterocycles. The van der Waals surface area contributed by atoms with Gasteiger partial charge >= 0.3 is 0 Å². The van der Waals surface area contributed by atoms with E-state index in [0.29, 0.717) is 11.9 Å². The molecule has 0 spiro atoms. The molecule has 142 valence electrons. The zero-order valence-electron chi connectivity index (χ0n) is 15.0. The highest BCUT2D eigenvalue weighted by atomic mass is 35.5. The Morgan fingerprint density at radius 1 is 1.08 bits per heavy atom. The van der Waals surface area contributed by atoms with Crippen LogP contribution in [0.3, 0.4) is 0 Å². The Kier molecular flexibility index (Phi) is 9.80. The number of carbonyl (C=O) groups is 1. The van der Waals surface area contributed by atoms with Crippen molar-refractivity contribution < 1.29 is 4.79 Å². The molecule has 0 bridgehead atoms. The van der Waals surface area contributed by atoms with Crippen LogP contribution in [-0.2, 0) is 11.3 Å². The van der Waals surface area contributed by atoms with Gasteiger partial charge in [0.05, 0.1) is 0 Å². The normalized spacial score (nSPS) is 22.0. The molecule has 2 heterocycles. The van der Waals surface area contributed by atoms with Gasteiger partial charge in [-0.05, 0) is 51.4 Å². The molecule has 0 aromatic heterocycles. The number of nitrogens with zero attached hydrogens (tertiary/aromatic N) is 2. The Morgan fingerprint density at radius 3 is 2.40 bits per heavy atom. The quantitative estimate of drug-likeness (QED) is 0.862. The van der Waals surface area contributed by atoms with Crippen molar-refractivity contribution in [3.63, 3.8) is 0 Å². The van der Waals surface area contributed by atoms with Gasteiger partial charge in [0.15, 0.2) is 0 Å². The van der Waals surface area contributed by atoms with E-state index >= 15 is 0 Å². The summed E-state index contributed by atoms with van der Waals surface area (Å²) in [5, 5.41) is 3.32. The van der Waals surface area contributed by atoms with E-state index in [1.54, 1.807) is 0 Å². The smallest absolute Gasteiger partial charge is 0.225 e. The lowest BCUT2D eigenvalue weighted by Crippen LogP contribution is -2.50. The first-order valence-electron chi connectivity index (χ1n) is 8.98. The average Bonchev–Trinajstić information content (AvgIpc) is 2.63. The maximum atomic E-state index is 12.8. The molecule has 1 aromatic carbocycles. The van der Waals surface area contributed by atoms with Gasteiger partial charge in [-0.2, -0.15) is 0 Å². The number of amides is 1. The molecule has 2 aliphatic rings. The van der Waals surface area contributed by atoms with Crippen molar-refractivity contribution in [2.24, 2.45) is 5.92 Å². The highest BCUT2D eigenvalue weighted by Crippen LogP contribution is 2.23. The third-order valence-electron chi connectivity index (χ3n) is 5.33. The molecule has 6 heteroatoms. The summed E-state index contributed by atoms with van der Waals surface area (Å²) in [7, 11) is 2.00. The molecule has 2 fully saturated rings. The fourth-order valence-corrected chi connectivity index (χ4v) is 3.85. The van der Waals surface area contributed by atoms with Crippen LogP contribution >= 0.6 is 24.8 Å². The van der Waals surface area contributed by atoms with Gasteiger partial charge < -0.3 is 10.2 Å². The number of nitrogens with one attached hydrogen (secondary N) is 1. The fourth-order valence-electron chi connectivity index (χ4n) is 3.85. The number of rotatable bonds is 4. The number of halogens is 2. The molecule has 2 saturated heterocycles. The first-order valence-corrected chi connectivity index (χ1v) is 8.98. The zero-order valence-corrected chi connectivity index (χ0v) is 16.7. The number of hydrogen-bond acceptors (Lipinski definition) is 3. The minimum atomic E-state index is 0. The largest absolute Gasteiger partial charge is 0.341 e. The van der Waals surface area contributed by atoms with Gasteiger partial charge in [0.1, 0.15) is 0 Å². The summed E-state index contributed by atoms with van der Waals surface area (Å²) in [5.41, 5.74) is 1.37. The van der Waals surface area contributed by atoms with Crippen LogP contribution in [0.15, 0.2) is 30.3 Å². The standard InChI is InChI=1S/C19H29N3O.2ClH/c1-20-18-8-5-11-22(15-18)19(23)17-9-12-21(13-10-17)14-16-6-3-2-4-7-16;;/h2-4,6-7,17-18,20H,5,8-15H2,1H3;2*1H. The summed E-state index contributed by atoms with van der Waals surface area (Å²) in [5.74, 6) is 0.627. The van der Waals surface area contributed by atoms with Gasteiger partial charge in [0.25, 0.3) is 0 Å². The topological polar surface area (TPSA) is 35.6 Å². The van der Waals surface area contributed by atoms with Crippen LogP contribution in [0.5, 0.6) is 0 Å². The number of hydrogen-bond donors (Lipinski definition) is 1. The summed E-state index contributed by atoms with van der Waals surface area (Å²) in [6.45, 7) is 4.91. The van der Waals surface area contributed by atoms with Crippen molar-refractivity contribution in [3.05, 3.63) is 35.9 Å². The van der Waals surface area contributed by atoms with E-state index in [0.717, 1.165) is 52.0 Å². The molecule has 4 nitrogen and oxygen atoms in total. The molecule has 0 radical (unpaired) electrons. The van der Waals surface area contributed by atoms with Crippen molar-refractivity contribution in [1.82, 2.24) is 15.1 Å². The van der Waals surface area contributed by atoms with E-state index in [9.17, 15) is 4.79 Å². The Balaban J connectivity index is 0.00000156. The molecule has 1 aromatic rings. The summed E-state index contributed by atoms with van der Waals surface area (Å²) in [6, 6.07) is 11.1. The maximum Gasteiger partial charge on any atom is 0.225 e. The molecule has 3 rings (SSSR count). The molecule has 1 unspecified atom stereocenters. The van der Waals surface area contributed by atoms with E-state index in [4.69, 9.17) is 0 Å². The van der Waals surface area contributed by atoms with Crippen LogP contribution in [0.1, 0.15) is 31.2 Å². The molecule has 1 N–H and O–H groups in total. The summed E-state index contributed by atoms with van der Waals surface area (Å²) >= 11 is 0. The van der Waals surface area contributed by atoms with Gasteiger partial charge in [-0.3, -0.25) is 9.69 Å². The van der Waals surface area contributed by atoms with Crippen LogP contribution in [-0.4, -0.2) is 55.0 Å². The number of carbonyl (C=O) groups excluding carboxylic acids is 1. The van der Waals surface area contributed by atoms with Gasteiger partial charge in [0, 0.05) is 31.6 Å². The van der Waals surface area contributed by atoms with Gasteiger partial charge in [-0.1, -0.05) is 30.3 Å². The molecule has 25 heavy (non-hydrogen) atoms. The van der Waals surface area contributed by atoms with E-state index in [1.807, 2.05) is 7.05 Å². The third kappa shape index (κ3) is 6.14. The number of piperidine rings is 2. The summed E-state index contributed by atoms with van der Waals surface area (Å²) < 4.78 is 0. The van der Waals surface area contributed by atoms with Gasteiger partial charge in [-0.15, -0.1) is 24.8 Å². The molecular weight excluding hydrogens is 357 g/mol. The lowest BCUT2D eigenvalue weighted by molar-refractivity contribution is -0.138. The SMILES string of the molecule is CNC1CCCN(C(=O)C2CCN(Cc3ccccc3)CC2)C1.Cl.Cl. The minimum Gasteiger partial charge on any atom is -0.341 e.